The minimum Gasteiger partial charge on any atom is -0.490 e. The van der Waals surface area contributed by atoms with Gasteiger partial charge >= 0.3 is 0 Å². The molecule has 3 aliphatic heterocycles. The standard InChI is InChI=1S/C36H45ClN2O7S/c1-44-33-8-2-7-31(40)28-12-9-25(28)20-39-21-36(15-3-5-23-17-26(37)11-13-29(23)36)22-46-32-14-10-24(18-30(32)39)35(41)38-47(42,43)34(33)19-27-6-4-16-45-27/h2,7,10-11,13-14,17-18,25,27-28,31,33-34,40H,3-6,8-9,12,15-16,19-22H2,1H3,(H,38,41)/b7-2-/t25-,27+,28+,31-,33-,34-,36-/m0/s1. The SMILES string of the molecule is CO[C@H]1C/C=C\[C@H](O)[C@@H]2CC[C@H]2CN2C[C@@]3(CCCc4cc(Cl)ccc43)COc3ccc(cc32)C(=O)NS(=O)(=O)[C@H]1C[C@H]1CCCO1. The van der Waals surface area contributed by atoms with Gasteiger partial charge in [-0.2, -0.15) is 0 Å². The summed E-state index contributed by atoms with van der Waals surface area (Å²) in [6.45, 7) is 2.43. The molecule has 1 saturated carbocycles. The summed E-state index contributed by atoms with van der Waals surface area (Å²) in [4.78, 5) is 16.1. The molecule has 1 spiro atoms. The third-order valence-electron chi connectivity index (χ3n) is 11.2. The molecule has 3 heterocycles. The van der Waals surface area contributed by atoms with Crippen molar-refractivity contribution in [1.82, 2.24) is 4.72 Å². The van der Waals surface area contributed by atoms with E-state index in [-0.39, 0.29) is 41.8 Å². The number of benzene rings is 2. The minimum absolute atomic E-state index is 0.0686. The van der Waals surface area contributed by atoms with E-state index in [1.807, 2.05) is 12.1 Å². The van der Waals surface area contributed by atoms with Crippen LogP contribution in [0.4, 0.5) is 5.69 Å². The lowest BCUT2D eigenvalue weighted by molar-refractivity contribution is 0.0447. The molecule has 11 heteroatoms. The fourth-order valence-corrected chi connectivity index (χ4v) is 10.3. The molecule has 2 N–H and O–H groups in total. The van der Waals surface area contributed by atoms with Crippen molar-refractivity contribution < 1.29 is 32.5 Å². The van der Waals surface area contributed by atoms with E-state index in [1.165, 1.54) is 18.2 Å². The van der Waals surface area contributed by atoms with Crippen LogP contribution in [0, 0.1) is 11.8 Å². The first-order chi connectivity index (χ1) is 22.7. The molecule has 2 bridgehead atoms. The Morgan fingerprint density at radius 3 is 2.79 bits per heavy atom. The first-order valence-electron chi connectivity index (χ1n) is 17.0. The lowest BCUT2D eigenvalue weighted by Crippen LogP contribution is -2.49. The summed E-state index contributed by atoms with van der Waals surface area (Å²) in [7, 11) is -2.69. The Kier molecular flexibility index (Phi) is 9.34. The molecule has 2 fully saturated rings. The van der Waals surface area contributed by atoms with Gasteiger partial charge in [-0.3, -0.25) is 4.79 Å². The predicted molar refractivity (Wildman–Crippen MR) is 181 cm³/mol. The summed E-state index contributed by atoms with van der Waals surface area (Å²) in [5.74, 6) is 0.285. The number of aryl methyl sites for hydroxylation is 1. The number of amides is 1. The molecule has 0 radical (unpaired) electrons. The van der Waals surface area contributed by atoms with Crippen LogP contribution in [0.3, 0.4) is 0 Å². The number of aliphatic hydroxyl groups excluding tert-OH is 1. The highest BCUT2D eigenvalue weighted by Gasteiger charge is 2.45. The third kappa shape index (κ3) is 6.56. The molecule has 47 heavy (non-hydrogen) atoms. The lowest BCUT2D eigenvalue weighted by Gasteiger charge is -2.45. The van der Waals surface area contributed by atoms with Gasteiger partial charge in [0.05, 0.1) is 30.6 Å². The summed E-state index contributed by atoms with van der Waals surface area (Å²) in [6, 6.07) is 11.3. The topological polar surface area (TPSA) is 114 Å². The molecule has 7 rings (SSSR count). The summed E-state index contributed by atoms with van der Waals surface area (Å²) >= 11 is 6.41. The number of methoxy groups -OCH3 is 1. The number of nitrogens with one attached hydrogen (secondary N) is 1. The van der Waals surface area contributed by atoms with Crippen LogP contribution in [-0.2, 0) is 31.3 Å². The number of nitrogens with zero attached hydrogens (tertiary/aromatic N) is 1. The minimum atomic E-state index is -4.18. The molecule has 2 aromatic rings. The molecule has 1 saturated heterocycles. The maximum Gasteiger partial charge on any atom is 0.264 e. The number of hydrogen-bond donors (Lipinski definition) is 2. The highest BCUT2D eigenvalue weighted by molar-refractivity contribution is 7.90. The smallest absolute Gasteiger partial charge is 0.264 e. The van der Waals surface area contributed by atoms with E-state index in [0.29, 0.717) is 32.1 Å². The zero-order valence-electron chi connectivity index (χ0n) is 26.9. The molecule has 2 aliphatic carbocycles. The average Bonchev–Trinajstić information content (AvgIpc) is 3.50. The van der Waals surface area contributed by atoms with Crippen molar-refractivity contribution in [2.75, 3.05) is 38.3 Å². The maximum atomic E-state index is 13.9. The molecule has 0 unspecified atom stereocenters. The van der Waals surface area contributed by atoms with Gasteiger partial charge in [0.25, 0.3) is 5.91 Å². The third-order valence-corrected chi connectivity index (χ3v) is 13.2. The van der Waals surface area contributed by atoms with Gasteiger partial charge in [-0.05, 0) is 111 Å². The fourth-order valence-electron chi connectivity index (χ4n) is 8.54. The van der Waals surface area contributed by atoms with Crippen LogP contribution in [0.25, 0.3) is 0 Å². The zero-order valence-corrected chi connectivity index (χ0v) is 28.5. The van der Waals surface area contributed by atoms with Crippen LogP contribution in [-0.4, -0.2) is 76.4 Å². The summed E-state index contributed by atoms with van der Waals surface area (Å²) in [5, 5.41) is 11.0. The van der Waals surface area contributed by atoms with Crippen molar-refractivity contribution in [3.63, 3.8) is 0 Å². The van der Waals surface area contributed by atoms with E-state index in [1.54, 1.807) is 24.3 Å². The molecule has 7 atom stereocenters. The van der Waals surface area contributed by atoms with E-state index < -0.39 is 33.4 Å². The number of carbonyl (C=O) groups is 1. The van der Waals surface area contributed by atoms with E-state index in [0.717, 1.165) is 55.7 Å². The average molecular weight is 685 g/mol. The van der Waals surface area contributed by atoms with Crippen molar-refractivity contribution in [2.45, 2.75) is 86.8 Å². The van der Waals surface area contributed by atoms with Crippen LogP contribution in [0.5, 0.6) is 5.75 Å². The number of aliphatic hydroxyl groups is 1. The highest BCUT2D eigenvalue weighted by atomic mass is 35.5. The van der Waals surface area contributed by atoms with Crippen LogP contribution in [0.15, 0.2) is 48.6 Å². The monoisotopic (exact) mass is 684 g/mol. The number of hydrogen-bond acceptors (Lipinski definition) is 8. The normalized spacial score (nSPS) is 34.3. The molecule has 9 nitrogen and oxygen atoms in total. The molecule has 254 valence electrons. The predicted octanol–water partition coefficient (Wildman–Crippen LogP) is 5.17. The van der Waals surface area contributed by atoms with Gasteiger partial charge in [-0.15, -0.1) is 0 Å². The van der Waals surface area contributed by atoms with Gasteiger partial charge in [0, 0.05) is 42.8 Å². The van der Waals surface area contributed by atoms with Gasteiger partial charge in [0.15, 0.2) is 0 Å². The Labute approximate surface area is 282 Å². The molecule has 5 aliphatic rings. The van der Waals surface area contributed by atoms with Crippen molar-refractivity contribution >= 4 is 33.2 Å². The van der Waals surface area contributed by atoms with Gasteiger partial charge in [-0.25, -0.2) is 13.1 Å². The number of fused-ring (bicyclic) bond motifs is 4. The van der Waals surface area contributed by atoms with Gasteiger partial charge < -0.3 is 24.2 Å². The van der Waals surface area contributed by atoms with Crippen molar-refractivity contribution in [3.05, 3.63) is 70.3 Å². The molecular weight excluding hydrogens is 640 g/mol. The number of carbonyl (C=O) groups excluding carboxylic acids is 1. The van der Waals surface area contributed by atoms with E-state index in [9.17, 15) is 18.3 Å². The van der Waals surface area contributed by atoms with E-state index in [2.05, 4.69) is 21.8 Å². The second kappa shape index (κ2) is 13.3. The number of halogens is 1. The van der Waals surface area contributed by atoms with Gasteiger partial charge in [0.1, 0.15) is 11.0 Å². The molecular formula is C36H45ClN2O7S. The van der Waals surface area contributed by atoms with Crippen LogP contribution < -0.4 is 14.4 Å². The van der Waals surface area contributed by atoms with Crippen LogP contribution >= 0.6 is 11.6 Å². The number of ether oxygens (including phenoxy) is 3. The number of sulfonamides is 1. The van der Waals surface area contributed by atoms with Gasteiger partial charge in [0.2, 0.25) is 10.0 Å². The zero-order chi connectivity index (χ0) is 32.8. The Bertz CT molecular complexity index is 1630. The second-order valence-corrected chi connectivity index (χ2v) is 16.4. The molecule has 1 amide bonds. The Hall–Kier alpha value is -2.63. The number of anilines is 1. The Morgan fingerprint density at radius 1 is 1.15 bits per heavy atom. The molecule has 2 aromatic carbocycles. The number of rotatable bonds is 3. The summed E-state index contributed by atoms with van der Waals surface area (Å²) in [5.41, 5.74) is 3.21. The van der Waals surface area contributed by atoms with E-state index >= 15 is 0 Å². The summed E-state index contributed by atoms with van der Waals surface area (Å²) < 4.78 is 48.4. The van der Waals surface area contributed by atoms with E-state index in [4.69, 9.17) is 25.8 Å². The first kappa shape index (κ1) is 32.9. The first-order valence-corrected chi connectivity index (χ1v) is 18.9. The quantitative estimate of drug-likeness (QED) is 0.426. The van der Waals surface area contributed by atoms with Gasteiger partial charge in [-0.1, -0.05) is 29.8 Å². The summed E-state index contributed by atoms with van der Waals surface area (Å²) in [6.07, 6.45) is 8.95. The highest BCUT2D eigenvalue weighted by Crippen LogP contribution is 2.47. The van der Waals surface area contributed by atoms with Crippen LogP contribution in [0.1, 0.15) is 72.9 Å². The largest absolute Gasteiger partial charge is 0.490 e. The van der Waals surface area contributed by atoms with Crippen LogP contribution in [0.2, 0.25) is 5.02 Å². The lowest BCUT2D eigenvalue weighted by atomic mass is 9.68. The second-order valence-electron chi connectivity index (χ2n) is 14.1. The Morgan fingerprint density at radius 2 is 2.02 bits per heavy atom. The Balaban J connectivity index is 1.27. The van der Waals surface area contributed by atoms with Crippen molar-refractivity contribution in [3.8, 4) is 5.75 Å². The maximum absolute atomic E-state index is 13.9. The molecule has 0 aromatic heterocycles. The van der Waals surface area contributed by atoms with Crippen molar-refractivity contribution in [1.29, 1.82) is 0 Å². The van der Waals surface area contributed by atoms with Crippen molar-refractivity contribution in [2.24, 2.45) is 11.8 Å². The fraction of sp³-hybridized carbons (Fsp3) is 0.583.